The highest BCUT2D eigenvalue weighted by Gasteiger charge is 2.38. The van der Waals surface area contributed by atoms with Gasteiger partial charge in [-0.1, -0.05) is 43.3 Å². The Morgan fingerprint density at radius 2 is 1.97 bits per heavy atom. The van der Waals surface area contributed by atoms with E-state index < -0.39 is 17.9 Å². The molecule has 10 nitrogen and oxygen atoms in total. The molecular weight excluding hydrogens is 516 g/mol. The summed E-state index contributed by atoms with van der Waals surface area (Å²) >= 11 is 0.786. The molecule has 0 aliphatic carbocycles. The van der Waals surface area contributed by atoms with Crippen LogP contribution in [-0.4, -0.2) is 46.3 Å². The lowest BCUT2D eigenvalue weighted by Gasteiger charge is -2.32. The number of nitrogen functional groups attached to an aromatic ring is 1. The summed E-state index contributed by atoms with van der Waals surface area (Å²) in [4.78, 5) is 45.0. The van der Waals surface area contributed by atoms with E-state index in [4.69, 9.17) is 16.2 Å². The first kappa shape index (κ1) is 26.4. The number of rotatable bonds is 9. The summed E-state index contributed by atoms with van der Waals surface area (Å²) in [6.45, 7) is 2.96. The Kier molecular flexibility index (Phi) is 7.62. The summed E-state index contributed by atoms with van der Waals surface area (Å²) in [6, 6.07) is 13.9. The fourth-order valence-corrected chi connectivity index (χ4v) is 5.73. The lowest BCUT2D eigenvalue weighted by Crippen LogP contribution is -2.46. The Morgan fingerprint density at radius 1 is 1.21 bits per heavy atom. The molecule has 2 aromatic carbocycles. The number of fused-ring (bicyclic) bond motifs is 1. The normalized spacial score (nSPS) is 15.8. The number of carbonyl (C=O) groups is 3. The predicted molar refractivity (Wildman–Crippen MR) is 151 cm³/mol. The van der Waals surface area contributed by atoms with Crippen LogP contribution in [-0.2, 0) is 16.0 Å². The molecule has 1 fully saturated rings. The number of aromatic nitrogens is 2. The van der Waals surface area contributed by atoms with Gasteiger partial charge < -0.3 is 26.5 Å². The van der Waals surface area contributed by atoms with Crippen LogP contribution in [0.25, 0.3) is 10.9 Å². The number of nitrogens with one attached hydrogen (secondary N) is 2. The number of hydrogen-bond acceptors (Lipinski definition) is 7. The monoisotopic (exact) mass is 546 g/mol. The van der Waals surface area contributed by atoms with Crippen molar-refractivity contribution in [2.75, 3.05) is 23.8 Å². The second kappa shape index (κ2) is 11.3. The average Bonchev–Trinajstić information content (AvgIpc) is 3.70. The third kappa shape index (κ3) is 5.10. The molecule has 1 aliphatic rings. The number of benzene rings is 2. The minimum Gasteiger partial charge on any atom is -0.395 e. The molecule has 0 spiro atoms. The first-order chi connectivity index (χ1) is 18.9. The molecule has 6 N–H and O–H groups in total. The van der Waals surface area contributed by atoms with Crippen LogP contribution >= 0.6 is 11.5 Å². The SMILES string of the molecule is CCc1ccccc1N(C(=O)c1snc(C(N)=O)c1N)[C@@H](C(=O)NC[C@H]1CCCO1)c1c[nH]c2ccccc12. The lowest BCUT2D eigenvalue weighted by atomic mass is 9.99. The van der Waals surface area contributed by atoms with Crippen LogP contribution in [0.2, 0.25) is 0 Å². The van der Waals surface area contributed by atoms with Gasteiger partial charge in [-0.3, -0.25) is 19.3 Å². The summed E-state index contributed by atoms with van der Waals surface area (Å²) in [5.41, 5.74) is 14.2. The predicted octanol–water partition coefficient (Wildman–Crippen LogP) is 3.55. The summed E-state index contributed by atoms with van der Waals surface area (Å²) in [6.07, 6.45) is 4.07. The molecule has 202 valence electrons. The Labute approximate surface area is 229 Å². The first-order valence-corrected chi connectivity index (χ1v) is 13.6. The van der Waals surface area contributed by atoms with Crippen LogP contribution in [0.5, 0.6) is 0 Å². The molecular formula is C28H30N6O4S. The number of primary amides is 1. The largest absolute Gasteiger partial charge is 0.395 e. The van der Waals surface area contributed by atoms with E-state index in [9.17, 15) is 14.4 Å². The first-order valence-electron chi connectivity index (χ1n) is 12.8. The van der Waals surface area contributed by atoms with E-state index in [-0.39, 0.29) is 28.3 Å². The van der Waals surface area contributed by atoms with Crippen LogP contribution in [0.3, 0.4) is 0 Å². The van der Waals surface area contributed by atoms with Gasteiger partial charge in [-0.05, 0) is 48.5 Å². The summed E-state index contributed by atoms with van der Waals surface area (Å²) in [5, 5.41) is 3.82. The minimum atomic E-state index is -1.07. The van der Waals surface area contributed by atoms with Gasteiger partial charge in [-0.2, -0.15) is 4.37 Å². The lowest BCUT2D eigenvalue weighted by molar-refractivity contribution is -0.123. The van der Waals surface area contributed by atoms with Gasteiger partial charge >= 0.3 is 0 Å². The quantitative estimate of drug-likeness (QED) is 0.251. The minimum absolute atomic E-state index is 0.0338. The molecule has 2 atom stereocenters. The number of anilines is 2. The van der Waals surface area contributed by atoms with Crippen molar-refractivity contribution >= 4 is 51.5 Å². The van der Waals surface area contributed by atoms with Gasteiger partial charge in [0.25, 0.3) is 11.8 Å². The van der Waals surface area contributed by atoms with Gasteiger partial charge in [0, 0.05) is 41.5 Å². The topological polar surface area (TPSA) is 156 Å². The number of H-pyrrole nitrogens is 1. The van der Waals surface area contributed by atoms with Crippen LogP contribution in [0, 0.1) is 0 Å². The Balaban J connectivity index is 1.67. The summed E-state index contributed by atoms with van der Waals surface area (Å²) < 4.78 is 9.75. The standard InChI is InChI=1S/C28H30N6O4S/c1-2-16-8-3-6-12-21(16)34(28(37)25-22(29)23(26(30)35)33-39-25)24(27(36)32-14-17-9-7-13-38-17)19-15-31-20-11-5-4-10-18(19)20/h3-6,8,10-12,15,17,24,31H,2,7,9,13-14,29H2,1H3,(H2,30,35)(H,32,36)/t17-,24-/m1/s1. The molecule has 3 heterocycles. The van der Waals surface area contributed by atoms with E-state index in [1.807, 2.05) is 49.4 Å². The number of ether oxygens (including phenoxy) is 1. The maximum absolute atomic E-state index is 14.4. The molecule has 0 saturated carbocycles. The molecule has 1 saturated heterocycles. The average molecular weight is 547 g/mol. The van der Waals surface area contributed by atoms with E-state index in [0.717, 1.165) is 40.8 Å². The van der Waals surface area contributed by atoms with Crippen LogP contribution < -0.4 is 21.7 Å². The van der Waals surface area contributed by atoms with E-state index in [1.54, 1.807) is 12.3 Å². The molecule has 11 heteroatoms. The van der Waals surface area contributed by atoms with E-state index in [1.165, 1.54) is 4.90 Å². The molecule has 5 rings (SSSR count). The van der Waals surface area contributed by atoms with Crippen molar-refractivity contribution < 1.29 is 19.1 Å². The van der Waals surface area contributed by atoms with Crippen molar-refractivity contribution in [1.29, 1.82) is 0 Å². The second-order valence-electron chi connectivity index (χ2n) is 9.37. The number of carbonyl (C=O) groups excluding carboxylic acids is 3. The molecule has 2 aromatic heterocycles. The van der Waals surface area contributed by atoms with Crippen molar-refractivity contribution in [2.45, 2.75) is 38.3 Å². The molecule has 1 aliphatic heterocycles. The number of aromatic amines is 1. The zero-order valence-corrected chi connectivity index (χ0v) is 22.3. The van der Waals surface area contributed by atoms with Crippen molar-refractivity contribution in [3.63, 3.8) is 0 Å². The Hall–Kier alpha value is -4.22. The molecule has 0 bridgehead atoms. The van der Waals surface area contributed by atoms with Crippen LogP contribution in [0.4, 0.5) is 11.4 Å². The van der Waals surface area contributed by atoms with Gasteiger partial charge in [0.15, 0.2) is 5.69 Å². The maximum atomic E-state index is 14.4. The molecule has 0 radical (unpaired) electrons. The van der Waals surface area contributed by atoms with E-state index in [0.29, 0.717) is 30.8 Å². The zero-order valence-electron chi connectivity index (χ0n) is 21.5. The van der Waals surface area contributed by atoms with Crippen molar-refractivity contribution in [1.82, 2.24) is 14.7 Å². The Morgan fingerprint density at radius 3 is 2.69 bits per heavy atom. The zero-order chi connectivity index (χ0) is 27.5. The van der Waals surface area contributed by atoms with Gasteiger partial charge in [0.1, 0.15) is 10.9 Å². The molecule has 0 unspecified atom stereocenters. The number of nitrogens with zero attached hydrogens (tertiary/aromatic N) is 2. The number of hydrogen-bond donors (Lipinski definition) is 4. The number of aryl methyl sites for hydroxylation is 1. The van der Waals surface area contributed by atoms with Gasteiger partial charge in [0.05, 0.1) is 11.8 Å². The number of amides is 3. The van der Waals surface area contributed by atoms with Crippen molar-refractivity contribution in [2.24, 2.45) is 5.73 Å². The number of nitrogens with two attached hydrogens (primary N) is 2. The third-order valence-corrected chi connectivity index (χ3v) is 7.81. The van der Waals surface area contributed by atoms with Gasteiger partial charge in [-0.25, -0.2) is 0 Å². The molecule has 3 amide bonds. The second-order valence-corrected chi connectivity index (χ2v) is 10.1. The highest BCUT2D eigenvalue weighted by molar-refractivity contribution is 7.09. The number of para-hydroxylation sites is 2. The van der Waals surface area contributed by atoms with Gasteiger partial charge in [0.2, 0.25) is 5.91 Å². The van der Waals surface area contributed by atoms with E-state index in [2.05, 4.69) is 14.7 Å². The van der Waals surface area contributed by atoms with E-state index >= 15 is 0 Å². The molecule has 39 heavy (non-hydrogen) atoms. The van der Waals surface area contributed by atoms with Crippen molar-refractivity contribution in [3.05, 3.63) is 76.4 Å². The summed E-state index contributed by atoms with van der Waals surface area (Å²) in [7, 11) is 0. The summed E-state index contributed by atoms with van der Waals surface area (Å²) in [5.74, 6) is -1.75. The fourth-order valence-electron chi connectivity index (χ4n) is 4.98. The van der Waals surface area contributed by atoms with Crippen LogP contribution in [0.1, 0.15) is 57.1 Å². The third-order valence-electron chi connectivity index (χ3n) is 6.96. The van der Waals surface area contributed by atoms with Crippen LogP contribution in [0.15, 0.2) is 54.7 Å². The smallest absolute Gasteiger partial charge is 0.273 e. The highest BCUT2D eigenvalue weighted by atomic mass is 32.1. The highest BCUT2D eigenvalue weighted by Crippen LogP contribution is 2.37. The maximum Gasteiger partial charge on any atom is 0.273 e. The van der Waals surface area contributed by atoms with Gasteiger partial charge in [-0.15, -0.1) is 0 Å². The Bertz CT molecular complexity index is 1520. The van der Waals surface area contributed by atoms with Crippen molar-refractivity contribution in [3.8, 4) is 0 Å². The molecule has 4 aromatic rings. The fraction of sp³-hybridized carbons (Fsp3) is 0.286.